The maximum atomic E-state index is 13.7. The van der Waals surface area contributed by atoms with Crippen molar-refractivity contribution < 1.29 is 31.5 Å². The molecule has 0 aromatic heterocycles. The Hall–Kier alpha value is -3.45. The fourth-order valence-electron chi connectivity index (χ4n) is 4.56. The van der Waals surface area contributed by atoms with Crippen LogP contribution in [0.25, 0.3) is 0 Å². The number of hydrogen-bond acceptors (Lipinski definition) is 7. The molecule has 0 saturated heterocycles. The molecular formula is C29H35N3O7S2. The van der Waals surface area contributed by atoms with E-state index in [1.807, 2.05) is 13.8 Å². The molecule has 3 atom stereocenters. The fourth-order valence-corrected chi connectivity index (χ4v) is 6.81. The Morgan fingerprint density at radius 1 is 1.02 bits per heavy atom. The Balaban J connectivity index is 1.68. The lowest BCUT2D eigenvalue weighted by Crippen LogP contribution is -2.50. The summed E-state index contributed by atoms with van der Waals surface area (Å²) < 4.78 is 62.4. The summed E-state index contributed by atoms with van der Waals surface area (Å²) in [5, 5.41) is 9.89. The Morgan fingerprint density at radius 2 is 1.68 bits per heavy atom. The molecule has 0 radical (unpaired) electrons. The number of nitrogens with one attached hydrogen (secondary N) is 1. The summed E-state index contributed by atoms with van der Waals surface area (Å²) in [4.78, 5) is 15.4. The molecule has 4 rings (SSSR count). The second-order valence-corrected chi connectivity index (χ2v) is 14.1. The van der Waals surface area contributed by atoms with Crippen LogP contribution in [-0.2, 0) is 20.0 Å². The van der Waals surface area contributed by atoms with Crippen molar-refractivity contribution >= 4 is 31.6 Å². The predicted molar refractivity (Wildman–Crippen MR) is 156 cm³/mol. The van der Waals surface area contributed by atoms with E-state index in [1.54, 1.807) is 37.3 Å². The molecule has 3 aromatic carbocycles. The summed E-state index contributed by atoms with van der Waals surface area (Å²) in [6.45, 7) is 5.30. The van der Waals surface area contributed by atoms with Crippen molar-refractivity contribution in [2.45, 2.75) is 42.7 Å². The number of nitrogens with zero attached hydrogens (tertiary/aromatic N) is 2. The third-order valence-electron chi connectivity index (χ3n) is 7.14. The lowest BCUT2D eigenvalue weighted by Gasteiger charge is -2.38. The maximum absolute atomic E-state index is 13.7. The summed E-state index contributed by atoms with van der Waals surface area (Å²) in [5.74, 6) is -0.562. The van der Waals surface area contributed by atoms with Gasteiger partial charge in [-0.2, -0.15) is 4.31 Å². The van der Waals surface area contributed by atoms with Crippen molar-refractivity contribution in [3.05, 3.63) is 83.9 Å². The van der Waals surface area contributed by atoms with Gasteiger partial charge in [-0.05, 0) is 56.3 Å². The summed E-state index contributed by atoms with van der Waals surface area (Å²) in [6.07, 6.45) is -0.658. The molecule has 41 heavy (non-hydrogen) atoms. The van der Waals surface area contributed by atoms with Crippen molar-refractivity contribution in [1.29, 1.82) is 0 Å². The fraction of sp³-hybridized carbons (Fsp3) is 0.345. The Kier molecular flexibility index (Phi) is 9.07. The van der Waals surface area contributed by atoms with Crippen LogP contribution in [0.2, 0.25) is 0 Å². The molecule has 1 heterocycles. The van der Waals surface area contributed by atoms with E-state index in [4.69, 9.17) is 4.74 Å². The lowest BCUT2D eigenvalue weighted by molar-refractivity contribution is 0.0387. The van der Waals surface area contributed by atoms with Gasteiger partial charge in [0.05, 0.1) is 34.5 Å². The van der Waals surface area contributed by atoms with Crippen molar-refractivity contribution in [2.75, 3.05) is 31.5 Å². The molecule has 0 saturated carbocycles. The molecule has 2 N–H and O–H groups in total. The highest BCUT2D eigenvalue weighted by atomic mass is 32.2. The number of amides is 1. The molecule has 0 spiro atoms. The summed E-state index contributed by atoms with van der Waals surface area (Å²) in [6, 6.07) is 18.3. The zero-order valence-corrected chi connectivity index (χ0v) is 25.0. The van der Waals surface area contributed by atoms with E-state index in [2.05, 4.69) is 4.72 Å². The molecule has 1 aliphatic rings. The van der Waals surface area contributed by atoms with Gasteiger partial charge < -0.3 is 14.7 Å². The predicted octanol–water partition coefficient (Wildman–Crippen LogP) is 3.34. The van der Waals surface area contributed by atoms with Gasteiger partial charge >= 0.3 is 0 Å². The number of carbonyl (C=O) groups excluding carboxylic acids is 1. The number of aliphatic hydroxyl groups is 1. The minimum atomic E-state index is -3.93. The van der Waals surface area contributed by atoms with Crippen LogP contribution in [0.15, 0.2) is 82.6 Å². The van der Waals surface area contributed by atoms with Crippen molar-refractivity contribution in [3.8, 4) is 5.75 Å². The first kappa shape index (κ1) is 30.5. The Morgan fingerprint density at radius 3 is 2.32 bits per heavy atom. The minimum Gasteiger partial charge on any atom is -0.488 e. The number of ether oxygens (including phenoxy) is 1. The average Bonchev–Trinajstić information content (AvgIpc) is 2.95. The molecule has 12 heteroatoms. The van der Waals surface area contributed by atoms with Gasteiger partial charge in [0.2, 0.25) is 10.0 Å². The first-order chi connectivity index (χ1) is 19.3. The quantitative estimate of drug-likeness (QED) is 0.384. The smallest absolute Gasteiger partial charge is 0.261 e. The van der Waals surface area contributed by atoms with Gasteiger partial charge in [0.15, 0.2) is 0 Å². The number of benzene rings is 3. The summed E-state index contributed by atoms with van der Waals surface area (Å²) >= 11 is 0. The monoisotopic (exact) mass is 601 g/mol. The van der Waals surface area contributed by atoms with Crippen LogP contribution >= 0.6 is 0 Å². The van der Waals surface area contributed by atoms with Gasteiger partial charge in [-0.25, -0.2) is 16.8 Å². The van der Waals surface area contributed by atoms with Crippen LogP contribution < -0.4 is 9.46 Å². The SMILES string of the molecule is Cc1ccc(S(=O)(=O)Nc2ccc3c(c2)C(=O)N([C@H](C)CO)C[C@@H](C)[C@H](CN(C)S(=O)(=O)c2ccccc2)O3)cc1. The number of sulfonamides is 2. The topological polar surface area (TPSA) is 133 Å². The van der Waals surface area contributed by atoms with E-state index < -0.39 is 38.1 Å². The van der Waals surface area contributed by atoms with Crippen LogP contribution in [0.1, 0.15) is 29.8 Å². The molecule has 0 unspecified atom stereocenters. The van der Waals surface area contributed by atoms with E-state index in [9.17, 15) is 26.7 Å². The highest BCUT2D eigenvalue weighted by molar-refractivity contribution is 7.92. The van der Waals surface area contributed by atoms with E-state index in [0.29, 0.717) is 0 Å². The number of fused-ring (bicyclic) bond motifs is 1. The molecule has 1 aliphatic heterocycles. The molecule has 1 amide bonds. The van der Waals surface area contributed by atoms with Gasteiger partial charge in [-0.3, -0.25) is 9.52 Å². The first-order valence-corrected chi connectivity index (χ1v) is 16.1. The molecule has 220 valence electrons. The highest BCUT2D eigenvalue weighted by Crippen LogP contribution is 2.32. The molecular weight excluding hydrogens is 566 g/mol. The van der Waals surface area contributed by atoms with Crippen LogP contribution in [-0.4, -0.2) is 75.9 Å². The third-order valence-corrected chi connectivity index (χ3v) is 10.4. The number of aryl methyl sites for hydroxylation is 1. The molecule has 3 aromatic rings. The van der Waals surface area contributed by atoms with Gasteiger partial charge in [0, 0.05) is 25.2 Å². The van der Waals surface area contributed by atoms with E-state index in [-0.39, 0.29) is 52.4 Å². The van der Waals surface area contributed by atoms with Gasteiger partial charge in [0.25, 0.3) is 15.9 Å². The normalized spacial score (nSPS) is 18.7. The maximum Gasteiger partial charge on any atom is 0.261 e. The standard InChI is InChI=1S/C29H35N3O7S2/c1-20-10-13-24(14-11-20)40(35,36)30-23-12-15-27-26(16-23)29(34)32(22(3)19-33)17-21(2)28(39-27)18-31(4)41(37,38)25-8-6-5-7-9-25/h5-16,21-22,28,30,33H,17-19H2,1-4H3/t21-,22-,28+/m1/s1. The second-order valence-electron chi connectivity index (χ2n) is 10.4. The Labute approximate surface area is 241 Å². The van der Waals surface area contributed by atoms with E-state index in [1.165, 1.54) is 58.7 Å². The summed E-state index contributed by atoms with van der Waals surface area (Å²) in [5.41, 5.74) is 1.17. The van der Waals surface area contributed by atoms with E-state index >= 15 is 0 Å². The number of aliphatic hydroxyl groups excluding tert-OH is 1. The van der Waals surface area contributed by atoms with E-state index in [0.717, 1.165) is 5.56 Å². The van der Waals surface area contributed by atoms with Crippen LogP contribution in [0.5, 0.6) is 5.75 Å². The minimum absolute atomic E-state index is 0.00479. The van der Waals surface area contributed by atoms with Crippen molar-refractivity contribution in [3.63, 3.8) is 0 Å². The number of hydrogen-bond donors (Lipinski definition) is 2. The number of rotatable bonds is 9. The van der Waals surface area contributed by atoms with Crippen molar-refractivity contribution in [2.24, 2.45) is 5.92 Å². The molecule has 0 aliphatic carbocycles. The zero-order chi connectivity index (χ0) is 29.9. The molecule has 0 fully saturated rings. The lowest BCUT2D eigenvalue weighted by atomic mass is 9.99. The van der Waals surface area contributed by atoms with Gasteiger partial charge in [0.1, 0.15) is 11.9 Å². The average molecular weight is 602 g/mol. The Bertz CT molecular complexity index is 1600. The summed E-state index contributed by atoms with van der Waals surface area (Å²) in [7, 11) is -6.27. The van der Waals surface area contributed by atoms with Crippen molar-refractivity contribution in [1.82, 2.24) is 9.21 Å². The third kappa shape index (κ3) is 6.72. The largest absolute Gasteiger partial charge is 0.488 e. The van der Waals surface area contributed by atoms with Crippen LogP contribution in [0, 0.1) is 12.8 Å². The van der Waals surface area contributed by atoms with Gasteiger partial charge in [-0.1, -0.05) is 42.8 Å². The van der Waals surface area contributed by atoms with Crippen LogP contribution in [0.4, 0.5) is 5.69 Å². The van der Waals surface area contributed by atoms with Gasteiger partial charge in [-0.15, -0.1) is 0 Å². The van der Waals surface area contributed by atoms with Crippen LogP contribution in [0.3, 0.4) is 0 Å². The highest BCUT2D eigenvalue weighted by Gasteiger charge is 2.35. The second kappa shape index (κ2) is 12.2. The number of carbonyl (C=O) groups is 1. The number of anilines is 1. The number of likely N-dealkylation sites (N-methyl/N-ethyl adjacent to an activating group) is 1. The molecule has 10 nitrogen and oxygen atoms in total. The molecule has 0 bridgehead atoms. The first-order valence-electron chi connectivity index (χ1n) is 13.2. The zero-order valence-electron chi connectivity index (χ0n) is 23.4.